The van der Waals surface area contributed by atoms with Gasteiger partial charge in [-0.25, -0.2) is 9.67 Å². The molecule has 3 aromatic rings. The molecule has 0 fully saturated rings. The number of hydrogen-bond acceptors (Lipinski definition) is 5. The van der Waals surface area contributed by atoms with Gasteiger partial charge in [-0.15, -0.1) is 16.4 Å². The highest BCUT2D eigenvalue weighted by Gasteiger charge is 2.06. The van der Waals surface area contributed by atoms with Crippen LogP contribution in [0.1, 0.15) is 16.3 Å². The van der Waals surface area contributed by atoms with Gasteiger partial charge < -0.3 is 4.74 Å². The lowest BCUT2D eigenvalue weighted by Gasteiger charge is -2.01. The number of thiazole rings is 1. The maximum atomic E-state index is 5.16. The van der Waals surface area contributed by atoms with Gasteiger partial charge >= 0.3 is 0 Å². The third-order valence-corrected chi connectivity index (χ3v) is 3.89. The summed E-state index contributed by atoms with van der Waals surface area (Å²) in [6.07, 6.45) is 1.95. The Morgan fingerprint density at radius 1 is 1.33 bits per heavy atom. The Bertz CT molecular complexity index is 735. The first-order valence-electron chi connectivity index (χ1n) is 6.64. The van der Waals surface area contributed by atoms with Crippen molar-refractivity contribution in [3.8, 4) is 11.3 Å². The van der Waals surface area contributed by atoms with Crippen molar-refractivity contribution in [3.63, 3.8) is 0 Å². The Morgan fingerprint density at radius 2 is 2.24 bits per heavy atom. The quantitative estimate of drug-likeness (QED) is 0.727. The van der Waals surface area contributed by atoms with Crippen LogP contribution in [-0.4, -0.2) is 27.1 Å². The van der Waals surface area contributed by atoms with Crippen LogP contribution in [0.15, 0.2) is 35.8 Å². The Labute approximate surface area is 127 Å². The van der Waals surface area contributed by atoms with Gasteiger partial charge in [0.25, 0.3) is 0 Å². The Hall–Kier alpha value is -2.05. The van der Waals surface area contributed by atoms with E-state index in [1.165, 1.54) is 0 Å². The van der Waals surface area contributed by atoms with E-state index in [1.54, 1.807) is 18.4 Å². The van der Waals surface area contributed by atoms with Crippen LogP contribution in [0.25, 0.3) is 11.3 Å². The molecule has 0 bridgehead atoms. The number of methoxy groups -OCH3 is 1. The topological polar surface area (TPSA) is 52.8 Å². The molecule has 0 N–H and O–H groups in total. The number of ether oxygens (including phenoxy) is 1. The normalized spacial score (nSPS) is 11.0. The van der Waals surface area contributed by atoms with Crippen molar-refractivity contribution < 1.29 is 4.74 Å². The van der Waals surface area contributed by atoms with Gasteiger partial charge in [0.15, 0.2) is 0 Å². The van der Waals surface area contributed by atoms with E-state index in [0.29, 0.717) is 13.2 Å². The zero-order chi connectivity index (χ0) is 14.7. The Morgan fingerprint density at radius 3 is 3.00 bits per heavy atom. The second-order valence-electron chi connectivity index (χ2n) is 4.79. The molecule has 5 nitrogen and oxygen atoms in total. The molecule has 3 rings (SSSR count). The average molecular weight is 300 g/mol. The van der Waals surface area contributed by atoms with E-state index >= 15 is 0 Å². The molecule has 1 aromatic carbocycles. The van der Waals surface area contributed by atoms with Crippen LogP contribution < -0.4 is 0 Å². The van der Waals surface area contributed by atoms with E-state index in [1.807, 2.05) is 36.0 Å². The van der Waals surface area contributed by atoms with Crippen LogP contribution in [0.5, 0.6) is 0 Å². The third kappa shape index (κ3) is 3.34. The van der Waals surface area contributed by atoms with Crippen LogP contribution in [0.4, 0.5) is 0 Å². The molecule has 0 amide bonds. The molecule has 0 unspecified atom stereocenters. The molecule has 2 aromatic heterocycles. The number of benzene rings is 1. The minimum atomic E-state index is 0.597. The van der Waals surface area contributed by atoms with Crippen LogP contribution in [0, 0.1) is 6.92 Å². The van der Waals surface area contributed by atoms with E-state index < -0.39 is 0 Å². The summed E-state index contributed by atoms with van der Waals surface area (Å²) >= 11 is 1.65. The molecule has 0 aliphatic carbocycles. The first-order valence-corrected chi connectivity index (χ1v) is 7.52. The van der Waals surface area contributed by atoms with Crippen molar-refractivity contribution in [2.24, 2.45) is 0 Å². The maximum absolute atomic E-state index is 5.16. The van der Waals surface area contributed by atoms with Crippen molar-refractivity contribution in [2.45, 2.75) is 20.1 Å². The van der Waals surface area contributed by atoms with E-state index in [0.717, 1.165) is 27.5 Å². The zero-order valence-corrected chi connectivity index (χ0v) is 12.8. The van der Waals surface area contributed by atoms with Crippen molar-refractivity contribution in [1.82, 2.24) is 20.0 Å². The van der Waals surface area contributed by atoms with Crippen LogP contribution >= 0.6 is 11.3 Å². The molecule has 0 aliphatic rings. The standard InChI is InChI=1S/C15H16N4OS/c1-11-16-14(10-21-11)7-19-8-15(17-18-19)13-5-3-4-12(6-13)9-20-2/h3-6,8,10H,7,9H2,1-2H3. The summed E-state index contributed by atoms with van der Waals surface area (Å²) in [7, 11) is 1.69. The summed E-state index contributed by atoms with van der Waals surface area (Å²) in [5.74, 6) is 0. The van der Waals surface area contributed by atoms with Crippen molar-refractivity contribution in [2.75, 3.05) is 7.11 Å². The summed E-state index contributed by atoms with van der Waals surface area (Å²) in [5.41, 5.74) is 4.05. The minimum absolute atomic E-state index is 0.597. The second-order valence-corrected chi connectivity index (χ2v) is 5.85. The lowest BCUT2D eigenvalue weighted by molar-refractivity contribution is 0.185. The molecule has 0 saturated heterocycles. The summed E-state index contributed by atoms with van der Waals surface area (Å²) in [4.78, 5) is 4.44. The fraction of sp³-hybridized carbons (Fsp3) is 0.267. The maximum Gasteiger partial charge on any atom is 0.113 e. The van der Waals surface area contributed by atoms with E-state index in [4.69, 9.17) is 4.74 Å². The van der Waals surface area contributed by atoms with Crippen LogP contribution in [0.3, 0.4) is 0 Å². The van der Waals surface area contributed by atoms with Gasteiger partial charge in [-0.2, -0.15) is 0 Å². The highest BCUT2D eigenvalue weighted by Crippen LogP contribution is 2.18. The fourth-order valence-corrected chi connectivity index (χ4v) is 2.75. The lowest BCUT2D eigenvalue weighted by Crippen LogP contribution is -2.00. The summed E-state index contributed by atoms with van der Waals surface area (Å²) in [6.45, 7) is 3.25. The van der Waals surface area contributed by atoms with Crippen molar-refractivity contribution in [3.05, 3.63) is 52.1 Å². The molecule has 6 heteroatoms. The van der Waals surface area contributed by atoms with Gasteiger partial charge in [0.1, 0.15) is 5.69 Å². The molecule has 21 heavy (non-hydrogen) atoms. The largest absolute Gasteiger partial charge is 0.380 e. The highest BCUT2D eigenvalue weighted by molar-refractivity contribution is 7.09. The van der Waals surface area contributed by atoms with Gasteiger partial charge in [-0.3, -0.25) is 0 Å². The highest BCUT2D eigenvalue weighted by atomic mass is 32.1. The molecule has 108 valence electrons. The van der Waals surface area contributed by atoms with Crippen molar-refractivity contribution in [1.29, 1.82) is 0 Å². The number of nitrogens with zero attached hydrogens (tertiary/aromatic N) is 4. The first-order chi connectivity index (χ1) is 10.2. The SMILES string of the molecule is COCc1cccc(-c2cn(Cc3csc(C)n3)nn2)c1. The lowest BCUT2D eigenvalue weighted by atomic mass is 10.1. The predicted octanol–water partition coefficient (Wildman–Crippen LogP) is 2.90. The minimum Gasteiger partial charge on any atom is -0.380 e. The van der Waals surface area contributed by atoms with E-state index in [2.05, 4.69) is 26.7 Å². The molecule has 0 saturated carbocycles. The Balaban J connectivity index is 1.79. The summed E-state index contributed by atoms with van der Waals surface area (Å²) in [6, 6.07) is 8.15. The van der Waals surface area contributed by atoms with E-state index in [9.17, 15) is 0 Å². The van der Waals surface area contributed by atoms with Gasteiger partial charge in [0, 0.05) is 18.1 Å². The van der Waals surface area contributed by atoms with E-state index in [-0.39, 0.29) is 0 Å². The molecule has 0 atom stereocenters. The summed E-state index contributed by atoms with van der Waals surface area (Å²) < 4.78 is 6.97. The molecule has 0 spiro atoms. The third-order valence-electron chi connectivity index (χ3n) is 3.06. The van der Waals surface area contributed by atoms with Gasteiger partial charge in [0.05, 0.1) is 30.1 Å². The smallest absolute Gasteiger partial charge is 0.113 e. The van der Waals surface area contributed by atoms with Crippen molar-refractivity contribution >= 4 is 11.3 Å². The van der Waals surface area contributed by atoms with Crippen LogP contribution in [0.2, 0.25) is 0 Å². The first kappa shape index (κ1) is 13.9. The zero-order valence-electron chi connectivity index (χ0n) is 12.0. The van der Waals surface area contributed by atoms with Gasteiger partial charge in [-0.1, -0.05) is 23.4 Å². The van der Waals surface area contributed by atoms with Crippen LogP contribution in [-0.2, 0) is 17.9 Å². The molecule has 0 radical (unpaired) electrons. The number of rotatable bonds is 5. The molecular weight excluding hydrogens is 284 g/mol. The second kappa shape index (κ2) is 6.15. The number of aromatic nitrogens is 4. The number of aryl methyl sites for hydroxylation is 1. The molecular formula is C15H16N4OS. The predicted molar refractivity (Wildman–Crippen MR) is 82.1 cm³/mol. The van der Waals surface area contributed by atoms with Gasteiger partial charge in [-0.05, 0) is 18.6 Å². The fourth-order valence-electron chi connectivity index (χ4n) is 2.14. The monoisotopic (exact) mass is 300 g/mol. The summed E-state index contributed by atoms with van der Waals surface area (Å²) in [5, 5.41) is 11.5. The average Bonchev–Trinajstić information content (AvgIpc) is 3.10. The number of hydrogen-bond donors (Lipinski definition) is 0. The Kier molecular flexibility index (Phi) is 4.08. The molecule has 2 heterocycles. The van der Waals surface area contributed by atoms with Gasteiger partial charge in [0.2, 0.25) is 0 Å². The molecule has 0 aliphatic heterocycles.